The molecule has 0 saturated carbocycles. The Morgan fingerprint density at radius 3 is 2.86 bits per heavy atom. The van der Waals surface area contributed by atoms with Gasteiger partial charge in [0.1, 0.15) is 0 Å². The van der Waals surface area contributed by atoms with Gasteiger partial charge >= 0.3 is 0 Å². The molecular formula is C17H21N3O2. The first-order valence-electron chi connectivity index (χ1n) is 7.71. The second-order valence-electron chi connectivity index (χ2n) is 5.99. The van der Waals surface area contributed by atoms with Crippen LogP contribution in [-0.4, -0.2) is 34.8 Å². The van der Waals surface area contributed by atoms with Crippen molar-refractivity contribution in [3.05, 3.63) is 35.0 Å². The number of fused-ring (bicyclic) bond motifs is 1. The highest BCUT2D eigenvalue weighted by Crippen LogP contribution is 2.34. The van der Waals surface area contributed by atoms with E-state index in [1.807, 2.05) is 24.8 Å². The summed E-state index contributed by atoms with van der Waals surface area (Å²) in [6, 6.07) is 5.84. The molecule has 0 aliphatic carbocycles. The Hall–Kier alpha value is -2.30. The number of amides is 2. The van der Waals surface area contributed by atoms with E-state index < -0.39 is 5.91 Å². The van der Waals surface area contributed by atoms with Crippen LogP contribution in [-0.2, 0) is 4.79 Å². The van der Waals surface area contributed by atoms with Crippen LogP contribution in [0.15, 0.2) is 18.2 Å². The number of likely N-dealkylation sites (tertiary alicyclic amines) is 1. The lowest BCUT2D eigenvalue weighted by Crippen LogP contribution is -2.27. The lowest BCUT2D eigenvalue weighted by atomic mass is 9.93. The van der Waals surface area contributed by atoms with Crippen LogP contribution in [0, 0.1) is 6.92 Å². The molecule has 1 aromatic heterocycles. The van der Waals surface area contributed by atoms with Gasteiger partial charge in [0, 0.05) is 36.5 Å². The molecule has 3 N–H and O–H groups in total. The third-order valence-corrected chi connectivity index (χ3v) is 4.51. The Bertz CT molecular complexity index is 748. The summed E-state index contributed by atoms with van der Waals surface area (Å²) >= 11 is 0. The summed E-state index contributed by atoms with van der Waals surface area (Å²) in [6.45, 7) is 5.42. The van der Waals surface area contributed by atoms with Crippen molar-refractivity contribution >= 4 is 22.7 Å². The van der Waals surface area contributed by atoms with E-state index in [1.165, 1.54) is 5.56 Å². The molecule has 116 valence electrons. The van der Waals surface area contributed by atoms with E-state index in [2.05, 4.69) is 11.1 Å². The second-order valence-corrected chi connectivity index (χ2v) is 5.99. The molecule has 0 spiro atoms. The zero-order valence-corrected chi connectivity index (χ0v) is 13.0. The molecular weight excluding hydrogens is 278 g/mol. The summed E-state index contributed by atoms with van der Waals surface area (Å²) in [7, 11) is 0. The number of carbonyl (C=O) groups excluding carboxylic acids is 2. The van der Waals surface area contributed by atoms with E-state index >= 15 is 0 Å². The highest BCUT2D eigenvalue weighted by atomic mass is 16.2. The molecule has 1 fully saturated rings. The number of nitrogens with two attached hydrogens (primary N) is 1. The van der Waals surface area contributed by atoms with Gasteiger partial charge in [-0.05, 0) is 31.0 Å². The van der Waals surface area contributed by atoms with Gasteiger partial charge in [-0.2, -0.15) is 0 Å². The number of aromatic nitrogens is 1. The van der Waals surface area contributed by atoms with Crippen LogP contribution in [0.1, 0.15) is 47.3 Å². The first-order valence-corrected chi connectivity index (χ1v) is 7.71. The largest absolute Gasteiger partial charge is 0.366 e. The quantitative estimate of drug-likeness (QED) is 0.912. The fourth-order valence-electron chi connectivity index (χ4n) is 3.40. The van der Waals surface area contributed by atoms with Gasteiger partial charge in [-0.15, -0.1) is 0 Å². The molecule has 0 bridgehead atoms. The molecule has 1 unspecified atom stereocenters. The third kappa shape index (κ3) is 2.36. The molecule has 22 heavy (non-hydrogen) atoms. The highest BCUT2D eigenvalue weighted by Gasteiger charge is 2.28. The van der Waals surface area contributed by atoms with Crippen molar-refractivity contribution in [2.24, 2.45) is 5.73 Å². The summed E-state index contributed by atoms with van der Waals surface area (Å²) in [4.78, 5) is 28.6. The number of aromatic amines is 1. The van der Waals surface area contributed by atoms with E-state index in [1.54, 1.807) is 6.07 Å². The molecule has 1 aliphatic rings. The van der Waals surface area contributed by atoms with Crippen molar-refractivity contribution in [3.8, 4) is 0 Å². The monoisotopic (exact) mass is 299 g/mol. The van der Waals surface area contributed by atoms with Crippen molar-refractivity contribution in [3.63, 3.8) is 0 Å². The van der Waals surface area contributed by atoms with Gasteiger partial charge in [0.15, 0.2) is 0 Å². The fourth-order valence-corrected chi connectivity index (χ4v) is 3.40. The average molecular weight is 299 g/mol. The number of primary amides is 1. The van der Waals surface area contributed by atoms with Crippen LogP contribution in [0.4, 0.5) is 0 Å². The zero-order chi connectivity index (χ0) is 15.9. The molecule has 1 aliphatic heterocycles. The van der Waals surface area contributed by atoms with Gasteiger partial charge in [0.05, 0.1) is 11.1 Å². The summed E-state index contributed by atoms with van der Waals surface area (Å²) in [5.41, 5.74) is 8.98. The lowest BCUT2D eigenvalue weighted by Gasteiger charge is -2.16. The van der Waals surface area contributed by atoms with E-state index in [0.717, 1.165) is 36.1 Å². The molecule has 5 nitrogen and oxygen atoms in total. The van der Waals surface area contributed by atoms with Crippen LogP contribution < -0.4 is 5.73 Å². The number of benzene rings is 1. The minimum atomic E-state index is -0.424. The first-order chi connectivity index (χ1) is 10.5. The molecule has 0 radical (unpaired) electrons. The Balaban J connectivity index is 2.00. The Morgan fingerprint density at radius 2 is 2.18 bits per heavy atom. The number of H-pyrrole nitrogens is 1. The van der Waals surface area contributed by atoms with Crippen LogP contribution in [0.25, 0.3) is 10.9 Å². The van der Waals surface area contributed by atoms with E-state index in [9.17, 15) is 9.59 Å². The number of carbonyl (C=O) groups is 2. The molecule has 5 heteroatoms. The number of nitrogens with zero attached hydrogens (tertiary/aromatic N) is 1. The van der Waals surface area contributed by atoms with Crippen LogP contribution in [0.2, 0.25) is 0 Å². The minimum absolute atomic E-state index is 0.206. The summed E-state index contributed by atoms with van der Waals surface area (Å²) in [5.74, 6) is 0.0977. The molecule has 1 saturated heterocycles. The van der Waals surface area contributed by atoms with Crippen LogP contribution in [0.5, 0.6) is 0 Å². The normalized spacial score (nSPS) is 18.1. The van der Waals surface area contributed by atoms with E-state index in [0.29, 0.717) is 17.9 Å². The molecule has 2 aromatic rings. The molecule has 1 atom stereocenters. The topological polar surface area (TPSA) is 79.2 Å². The second kappa shape index (κ2) is 5.48. The molecule has 2 heterocycles. The Kier molecular flexibility index (Phi) is 3.64. The van der Waals surface area contributed by atoms with Crippen molar-refractivity contribution in [1.29, 1.82) is 0 Å². The molecule has 1 aromatic carbocycles. The van der Waals surface area contributed by atoms with Crippen molar-refractivity contribution < 1.29 is 9.59 Å². The number of hydrogen-bond acceptors (Lipinski definition) is 2. The van der Waals surface area contributed by atoms with Gasteiger partial charge in [0.2, 0.25) is 5.91 Å². The number of aryl methyl sites for hydroxylation is 1. The SMILES string of the molecule is CCC(=O)N1CCC(c2ccc(C(N)=O)c3[nH]c(C)cc23)C1. The minimum Gasteiger partial charge on any atom is -0.366 e. The zero-order valence-electron chi connectivity index (χ0n) is 13.0. The maximum Gasteiger partial charge on any atom is 0.250 e. The van der Waals surface area contributed by atoms with Crippen molar-refractivity contribution in [2.75, 3.05) is 13.1 Å². The van der Waals surface area contributed by atoms with Gasteiger partial charge in [-0.25, -0.2) is 0 Å². The summed E-state index contributed by atoms with van der Waals surface area (Å²) in [6.07, 6.45) is 1.51. The maximum absolute atomic E-state index is 11.9. The van der Waals surface area contributed by atoms with Crippen molar-refractivity contribution in [1.82, 2.24) is 9.88 Å². The van der Waals surface area contributed by atoms with Crippen LogP contribution >= 0.6 is 0 Å². The standard InChI is InChI=1S/C17H21N3O2/c1-3-15(21)20-7-6-11(9-20)12-4-5-13(17(18)22)16-14(12)8-10(2)19-16/h4-5,8,11,19H,3,6-7,9H2,1-2H3,(H2,18,22). The predicted octanol–water partition coefficient (Wildman–Crippen LogP) is 2.30. The fraction of sp³-hybridized carbons (Fsp3) is 0.412. The van der Waals surface area contributed by atoms with Gasteiger partial charge in [0.25, 0.3) is 5.91 Å². The maximum atomic E-state index is 11.9. The third-order valence-electron chi connectivity index (χ3n) is 4.51. The predicted molar refractivity (Wildman–Crippen MR) is 85.8 cm³/mol. The van der Waals surface area contributed by atoms with E-state index in [-0.39, 0.29) is 5.91 Å². The van der Waals surface area contributed by atoms with Gasteiger partial charge in [-0.3, -0.25) is 9.59 Å². The Labute approximate surface area is 129 Å². The Morgan fingerprint density at radius 1 is 1.41 bits per heavy atom. The summed E-state index contributed by atoms with van der Waals surface area (Å²) in [5, 5.41) is 1.05. The van der Waals surface area contributed by atoms with Gasteiger partial charge in [-0.1, -0.05) is 13.0 Å². The number of nitrogens with one attached hydrogen (secondary N) is 1. The lowest BCUT2D eigenvalue weighted by molar-refractivity contribution is -0.129. The summed E-state index contributed by atoms with van der Waals surface area (Å²) < 4.78 is 0. The van der Waals surface area contributed by atoms with E-state index in [4.69, 9.17) is 5.73 Å². The smallest absolute Gasteiger partial charge is 0.250 e. The van der Waals surface area contributed by atoms with Crippen molar-refractivity contribution in [2.45, 2.75) is 32.6 Å². The average Bonchev–Trinajstić information content (AvgIpc) is 3.10. The van der Waals surface area contributed by atoms with Crippen LogP contribution in [0.3, 0.4) is 0 Å². The first kappa shape index (κ1) is 14.6. The number of rotatable bonds is 3. The molecule has 2 amide bonds. The molecule has 3 rings (SSSR count). The van der Waals surface area contributed by atoms with Gasteiger partial charge < -0.3 is 15.6 Å². The number of hydrogen-bond donors (Lipinski definition) is 2. The highest BCUT2D eigenvalue weighted by molar-refractivity contribution is 6.06.